The highest BCUT2D eigenvalue weighted by atomic mass is 16.1. The second kappa shape index (κ2) is 8.02. The van der Waals surface area contributed by atoms with Crippen LogP contribution in [0.2, 0.25) is 0 Å². The molecule has 2 saturated carbocycles. The number of nitrogens with two attached hydrogens (primary N) is 1. The van der Waals surface area contributed by atoms with Crippen LogP contribution in [0, 0.1) is 17.8 Å². The summed E-state index contributed by atoms with van der Waals surface area (Å²) in [6, 6.07) is 0.306. The van der Waals surface area contributed by atoms with E-state index in [1.165, 1.54) is 44.9 Å². The van der Waals surface area contributed by atoms with Crippen molar-refractivity contribution in [2.45, 2.75) is 77.2 Å². The lowest BCUT2D eigenvalue weighted by molar-refractivity contribution is -0.126. The lowest BCUT2D eigenvalue weighted by atomic mass is 9.79. The number of rotatable bonds is 6. The van der Waals surface area contributed by atoms with Gasteiger partial charge in [0, 0.05) is 18.5 Å². The van der Waals surface area contributed by atoms with Crippen LogP contribution in [-0.2, 0) is 4.79 Å². The number of carbonyl (C=O) groups is 1. The fourth-order valence-corrected chi connectivity index (χ4v) is 3.90. The third kappa shape index (κ3) is 4.47. The summed E-state index contributed by atoms with van der Waals surface area (Å²) in [5.74, 6) is 1.95. The quantitative estimate of drug-likeness (QED) is 0.785. The fraction of sp³-hybridized carbons (Fsp3) is 0.941. The summed E-state index contributed by atoms with van der Waals surface area (Å²) in [5.41, 5.74) is 6.06. The minimum Gasteiger partial charge on any atom is -0.356 e. The van der Waals surface area contributed by atoms with Crippen molar-refractivity contribution in [3.8, 4) is 0 Å². The first kappa shape index (κ1) is 15.8. The van der Waals surface area contributed by atoms with Gasteiger partial charge >= 0.3 is 0 Å². The molecule has 0 aliphatic heterocycles. The Labute approximate surface area is 124 Å². The Morgan fingerprint density at radius 2 is 1.90 bits per heavy atom. The van der Waals surface area contributed by atoms with Crippen molar-refractivity contribution >= 4 is 5.91 Å². The molecule has 2 rings (SSSR count). The molecule has 3 nitrogen and oxygen atoms in total. The van der Waals surface area contributed by atoms with Crippen LogP contribution in [0.1, 0.15) is 71.1 Å². The summed E-state index contributed by atoms with van der Waals surface area (Å²) in [5, 5.41) is 3.16. The van der Waals surface area contributed by atoms with Crippen LogP contribution in [0.3, 0.4) is 0 Å². The standard InChI is InChI=1S/C17H32N2O/c1-2-3-5-13-8-10-14(11-9-13)17(20)19-12-15-6-4-7-16(15)18/h13-16H,2-12,18H2,1H3,(H,19,20). The Morgan fingerprint density at radius 3 is 2.50 bits per heavy atom. The highest BCUT2D eigenvalue weighted by molar-refractivity contribution is 5.78. The molecule has 2 atom stereocenters. The predicted octanol–water partition coefficient (Wildman–Crippen LogP) is 3.23. The minimum absolute atomic E-state index is 0.269. The van der Waals surface area contributed by atoms with E-state index in [-0.39, 0.29) is 11.8 Å². The third-order valence-corrected chi connectivity index (χ3v) is 5.44. The van der Waals surface area contributed by atoms with Crippen molar-refractivity contribution < 1.29 is 4.79 Å². The number of hydrogen-bond donors (Lipinski definition) is 2. The van der Waals surface area contributed by atoms with Gasteiger partial charge < -0.3 is 11.1 Å². The van der Waals surface area contributed by atoms with Crippen molar-refractivity contribution in [1.82, 2.24) is 5.32 Å². The largest absolute Gasteiger partial charge is 0.356 e. The Kier molecular flexibility index (Phi) is 6.34. The Morgan fingerprint density at radius 1 is 1.15 bits per heavy atom. The smallest absolute Gasteiger partial charge is 0.223 e. The molecule has 0 heterocycles. The van der Waals surface area contributed by atoms with E-state index < -0.39 is 0 Å². The fourth-order valence-electron chi connectivity index (χ4n) is 3.90. The molecule has 2 aliphatic carbocycles. The highest BCUT2D eigenvalue weighted by Crippen LogP contribution is 2.32. The SMILES string of the molecule is CCCCC1CCC(C(=O)NCC2CCCC2N)CC1. The maximum Gasteiger partial charge on any atom is 0.223 e. The van der Waals surface area contributed by atoms with Crippen molar-refractivity contribution in [3.05, 3.63) is 0 Å². The molecule has 0 radical (unpaired) electrons. The molecule has 1 amide bonds. The average molecular weight is 280 g/mol. The second-order valence-corrected chi connectivity index (χ2v) is 6.96. The third-order valence-electron chi connectivity index (χ3n) is 5.44. The maximum atomic E-state index is 12.2. The van der Waals surface area contributed by atoms with Gasteiger partial charge in [0.2, 0.25) is 5.91 Å². The van der Waals surface area contributed by atoms with Gasteiger partial charge in [-0.1, -0.05) is 32.6 Å². The van der Waals surface area contributed by atoms with E-state index in [9.17, 15) is 4.79 Å². The van der Waals surface area contributed by atoms with Crippen LogP contribution in [0.5, 0.6) is 0 Å². The normalized spacial score (nSPS) is 34.1. The van der Waals surface area contributed by atoms with Gasteiger partial charge in [0.1, 0.15) is 0 Å². The number of carbonyl (C=O) groups excluding carboxylic acids is 1. The van der Waals surface area contributed by atoms with E-state index in [0.29, 0.717) is 12.0 Å². The first-order valence-corrected chi connectivity index (χ1v) is 8.74. The zero-order valence-corrected chi connectivity index (χ0v) is 13.1. The molecule has 2 unspecified atom stereocenters. The first-order chi connectivity index (χ1) is 9.70. The molecule has 3 heteroatoms. The number of hydrogen-bond acceptors (Lipinski definition) is 2. The Balaban J connectivity index is 1.64. The maximum absolute atomic E-state index is 12.2. The van der Waals surface area contributed by atoms with Gasteiger partial charge in [-0.25, -0.2) is 0 Å². The van der Waals surface area contributed by atoms with Gasteiger partial charge in [0.25, 0.3) is 0 Å². The van der Waals surface area contributed by atoms with Gasteiger partial charge in [-0.15, -0.1) is 0 Å². The molecule has 0 aromatic heterocycles. The lowest BCUT2D eigenvalue weighted by Gasteiger charge is -2.28. The van der Waals surface area contributed by atoms with Crippen molar-refractivity contribution in [1.29, 1.82) is 0 Å². The van der Waals surface area contributed by atoms with Gasteiger partial charge in [0.15, 0.2) is 0 Å². The molecule has 0 saturated heterocycles. The number of unbranched alkanes of at least 4 members (excludes halogenated alkanes) is 1. The molecule has 2 aliphatic rings. The molecule has 20 heavy (non-hydrogen) atoms. The van der Waals surface area contributed by atoms with Crippen LogP contribution < -0.4 is 11.1 Å². The molecule has 0 spiro atoms. The summed E-state index contributed by atoms with van der Waals surface area (Å²) in [7, 11) is 0. The molecule has 3 N–H and O–H groups in total. The summed E-state index contributed by atoms with van der Waals surface area (Å²) in [4.78, 5) is 12.2. The summed E-state index contributed by atoms with van der Waals surface area (Å²) < 4.78 is 0. The Hall–Kier alpha value is -0.570. The molecule has 0 aromatic carbocycles. The van der Waals surface area contributed by atoms with Crippen LogP contribution in [-0.4, -0.2) is 18.5 Å². The first-order valence-electron chi connectivity index (χ1n) is 8.74. The summed E-state index contributed by atoms with van der Waals surface area (Å²) in [6.07, 6.45) is 12.2. The molecule has 0 aromatic rings. The Bertz CT molecular complexity index is 297. The van der Waals surface area contributed by atoms with Gasteiger partial charge in [-0.2, -0.15) is 0 Å². The number of amides is 1. The molecule has 116 valence electrons. The van der Waals surface area contributed by atoms with Crippen molar-refractivity contribution in [3.63, 3.8) is 0 Å². The number of nitrogens with one attached hydrogen (secondary N) is 1. The zero-order chi connectivity index (χ0) is 14.4. The monoisotopic (exact) mass is 280 g/mol. The minimum atomic E-state index is 0.269. The zero-order valence-electron chi connectivity index (χ0n) is 13.1. The van der Waals surface area contributed by atoms with Gasteiger partial charge in [-0.05, 0) is 50.4 Å². The predicted molar refractivity (Wildman–Crippen MR) is 83.3 cm³/mol. The van der Waals surface area contributed by atoms with E-state index in [4.69, 9.17) is 5.73 Å². The molecule has 2 fully saturated rings. The van der Waals surface area contributed by atoms with Gasteiger partial charge in [-0.3, -0.25) is 4.79 Å². The molecular weight excluding hydrogens is 248 g/mol. The second-order valence-electron chi connectivity index (χ2n) is 6.96. The van der Waals surface area contributed by atoms with E-state index in [1.54, 1.807) is 0 Å². The van der Waals surface area contributed by atoms with Crippen LogP contribution in [0.25, 0.3) is 0 Å². The van der Waals surface area contributed by atoms with E-state index in [1.807, 2.05) is 0 Å². The van der Waals surface area contributed by atoms with Crippen LogP contribution in [0.4, 0.5) is 0 Å². The van der Waals surface area contributed by atoms with Gasteiger partial charge in [0.05, 0.1) is 0 Å². The van der Waals surface area contributed by atoms with E-state index in [2.05, 4.69) is 12.2 Å². The van der Waals surface area contributed by atoms with Crippen molar-refractivity contribution in [2.24, 2.45) is 23.5 Å². The molecular formula is C17H32N2O. The van der Waals surface area contributed by atoms with E-state index in [0.717, 1.165) is 31.7 Å². The van der Waals surface area contributed by atoms with Crippen molar-refractivity contribution in [2.75, 3.05) is 6.54 Å². The highest BCUT2D eigenvalue weighted by Gasteiger charge is 2.28. The van der Waals surface area contributed by atoms with E-state index >= 15 is 0 Å². The van der Waals surface area contributed by atoms with Crippen LogP contribution in [0.15, 0.2) is 0 Å². The average Bonchev–Trinajstić information content (AvgIpc) is 2.88. The van der Waals surface area contributed by atoms with Crippen LogP contribution >= 0.6 is 0 Å². The summed E-state index contributed by atoms with van der Waals surface area (Å²) in [6.45, 7) is 3.06. The molecule has 0 bridgehead atoms. The topological polar surface area (TPSA) is 55.1 Å². The summed E-state index contributed by atoms with van der Waals surface area (Å²) >= 11 is 0. The lowest BCUT2D eigenvalue weighted by Crippen LogP contribution is -2.39.